The molecule has 0 radical (unpaired) electrons. The molecule has 38 heavy (non-hydrogen) atoms. The molecular formula is C25H24ClN11O. The number of hydrogen-bond donors (Lipinski definition) is 2. The lowest BCUT2D eigenvalue weighted by atomic mass is 10.1. The Bertz CT molecular complexity index is 1570. The second kappa shape index (κ2) is 10.3. The lowest BCUT2D eigenvalue weighted by Gasteiger charge is -2.26. The van der Waals surface area contributed by atoms with Crippen LogP contribution in [0.2, 0.25) is 5.02 Å². The van der Waals surface area contributed by atoms with E-state index < -0.39 is 0 Å². The predicted octanol–water partition coefficient (Wildman–Crippen LogP) is 3.03. The fourth-order valence-electron chi connectivity index (χ4n) is 4.33. The zero-order valence-corrected chi connectivity index (χ0v) is 21.2. The average molecular weight is 530 g/mol. The molecular weight excluding hydrogens is 506 g/mol. The standard InChI is InChI=1S/C25H24ClN11O/c26-22-20(17-13-30-36(15-17)4-3-35-5-7-38-8-6-35)9-16(11-27)10-21(22)32-25-33-23(31-18-1-2-18)24-29-14-19(12-28)37(24)34-25/h9-10,13-15,18H,1-8H2,(H2,31,32,33,34). The van der Waals surface area contributed by atoms with Crippen LogP contribution in [0.25, 0.3) is 16.8 Å². The van der Waals surface area contributed by atoms with Gasteiger partial charge in [0.2, 0.25) is 5.95 Å². The third kappa shape index (κ3) is 4.97. The summed E-state index contributed by atoms with van der Waals surface area (Å²) in [5.74, 6) is 0.750. The third-order valence-electron chi connectivity index (χ3n) is 6.54. The Morgan fingerprint density at radius 2 is 1.95 bits per heavy atom. The van der Waals surface area contributed by atoms with Crippen molar-refractivity contribution in [3.05, 3.63) is 47.0 Å². The smallest absolute Gasteiger partial charge is 0.247 e. The van der Waals surface area contributed by atoms with Gasteiger partial charge in [-0.05, 0) is 25.0 Å². The molecule has 0 spiro atoms. The van der Waals surface area contributed by atoms with Crippen LogP contribution in [0.15, 0.2) is 30.7 Å². The van der Waals surface area contributed by atoms with Crippen molar-refractivity contribution in [2.24, 2.45) is 0 Å². The van der Waals surface area contributed by atoms with Crippen LogP contribution in [0.5, 0.6) is 0 Å². The first kappa shape index (κ1) is 24.1. The second-order valence-corrected chi connectivity index (χ2v) is 9.64. The summed E-state index contributed by atoms with van der Waals surface area (Å²) in [4.78, 5) is 11.2. The minimum Gasteiger partial charge on any atom is -0.379 e. The number of morpholine rings is 1. The molecule has 2 fully saturated rings. The van der Waals surface area contributed by atoms with Gasteiger partial charge in [0.25, 0.3) is 0 Å². The topological polar surface area (TPSA) is 145 Å². The van der Waals surface area contributed by atoms with Gasteiger partial charge < -0.3 is 15.4 Å². The zero-order chi connectivity index (χ0) is 26.1. The molecule has 1 aromatic carbocycles. The predicted molar refractivity (Wildman–Crippen MR) is 140 cm³/mol. The molecule has 192 valence electrons. The number of fused-ring (bicyclic) bond motifs is 1. The van der Waals surface area contributed by atoms with Gasteiger partial charge in [0, 0.05) is 43.0 Å². The molecule has 0 amide bonds. The first-order valence-electron chi connectivity index (χ1n) is 12.4. The summed E-state index contributed by atoms with van der Waals surface area (Å²) >= 11 is 6.85. The Hall–Kier alpha value is -4.23. The maximum absolute atomic E-state index is 9.71. The summed E-state index contributed by atoms with van der Waals surface area (Å²) in [5, 5.41) is 35.1. The number of nitrogens with zero attached hydrogens (tertiary/aromatic N) is 9. The van der Waals surface area contributed by atoms with E-state index >= 15 is 0 Å². The van der Waals surface area contributed by atoms with E-state index in [9.17, 15) is 10.5 Å². The number of hydrogen-bond acceptors (Lipinski definition) is 10. The van der Waals surface area contributed by atoms with Gasteiger partial charge in [-0.1, -0.05) is 11.6 Å². The van der Waals surface area contributed by atoms with Gasteiger partial charge >= 0.3 is 0 Å². The van der Waals surface area contributed by atoms with Crippen molar-refractivity contribution in [3.8, 4) is 23.3 Å². The lowest BCUT2D eigenvalue weighted by Crippen LogP contribution is -2.38. The van der Waals surface area contributed by atoms with Gasteiger partial charge in [0.05, 0.1) is 54.5 Å². The third-order valence-corrected chi connectivity index (χ3v) is 6.94. The highest BCUT2D eigenvalue weighted by molar-refractivity contribution is 6.36. The first-order chi connectivity index (χ1) is 18.6. The summed E-state index contributed by atoms with van der Waals surface area (Å²) < 4.78 is 8.74. The molecule has 6 rings (SSSR count). The Morgan fingerprint density at radius 3 is 2.71 bits per heavy atom. The monoisotopic (exact) mass is 529 g/mol. The summed E-state index contributed by atoms with van der Waals surface area (Å²) in [5.41, 5.74) is 3.12. The van der Waals surface area contributed by atoms with E-state index in [0.29, 0.717) is 39.3 Å². The molecule has 4 aromatic rings. The van der Waals surface area contributed by atoms with Crippen molar-refractivity contribution in [2.75, 3.05) is 43.5 Å². The minimum absolute atomic E-state index is 0.222. The van der Waals surface area contributed by atoms with Gasteiger partial charge in [-0.2, -0.15) is 25.1 Å². The highest BCUT2D eigenvalue weighted by Crippen LogP contribution is 2.36. The molecule has 1 aliphatic carbocycles. The SMILES string of the molecule is N#Cc1cc(Nc2nc(NC3CC3)c3ncc(C#N)n3n2)c(Cl)c(-c2cnn(CCN3CCOCC3)c2)c1. The zero-order valence-electron chi connectivity index (χ0n) is 20.4. The molecule has 13 heteroatoms. The number of nitriles is 2. The Balaban J connectivity index is 1.29. The molecule has 3 aromatic heterocycles. The Morgan fingerprint density at radius 1 is 1.11 bits per heavy atom. The van der Waals surface area contributed by atoms with Crippen LogP contribution in [-0.4, -0.2) is 73.2 Å². The maximum Gasteiger partial charge on any atom is 0.247 e. The van der Waals surface area contributed by atoms with Crippen LogP contribution >= 0.6 is 11.6 Å². The van der Waals surface area contributed by atoms with Crippen LogP contribution < -0.4 is 10.6 Å². The largest absolute Gasteiger partial charge is 0.379 e. The maximum atomic E-state index is 9.71. The molecule has 0 atom stereocenters. The van der Waals surface area contributed by atoms with Crippen LogP contribution in [0.1, 0.15) is 24.1 Å². The molecule has 2 aliphatic rings. The Labute approximate surface area is 223 Å². The number of aromatic nitrogens is 6. The fraction of sp³-hybridized carbons (Fsp3) is 0.360. The summed E-state index contributed by atoms with van der Waals surface area (Å²) in [6.07, 6.45) is 7.23. The van der Waals surface area contributed by atoms with Crippen LogP contribution in [0.4, 0.5) is 17.5 Å². The van der Waals surface area contributed by atoms with Crippen LogP contribution in [-0.2, 0) is 11.3 Å². The average Bonchev–Trinajstić information content (AvgIpc) is 3.46. The van der Waals surface area contributed by atoms with Crippen molar-refractivity contribution in [3.63, 3.8) is 0 Å². The number of anilines is 3. The van der Waals surface area contributed by atoms with E-state index in [0.717, 1.165) is 57.8 Å². The number of rotatable bonds is 8. The summed E-state index contributed by atoms with van der Waals surface area (Å²) in [6.45, 7) is 4.95. The number of nitrogens with one attached hydrogen (secondary N) is 2. The number of benzene rings is 1. The summed E-state index contributed by atoms with van der Waals surface area (Å²) in [6, 6.07) is 8.01. The van der Waals surface area contributed by atoms with E-state index in [2.05, 4.69) is 47.8 Å². The van der Waals surface area contributed by atoms with Crippen molar-refractivity contribution in [2.45, 2.75) is 25.4 Å². The fourth-order valence-corrected chi connectivity index (χ4v) is 4.60. The van der Waals surface area contributed by atoms with Crippen molar-refractivity contribution in [1.82, 2.24) is 34.3 Å². The molecule has 1 saturated carbocycles. The van der Waals surface area contributed by atoms with Crippen molar-refractivity contribution < 1.29 is 4.74 Å². The van der Waals surface area contributed by atoms with Gasteiger partial charge in [-0.15, -0.1) is 5.10 Å². The van der Waals surface area contributed by atoms with Gasteiger partial charge in [0.15, 0.2) is 17.2 Å². The van der Waals surface area contributed by atoms with Crippen LogP contribution in [0, 0.1) is 22.7 Å². The first-order valence-corrected chi connectivity index (χ1v) is 12.7. The number of imidazole rings is 1. The number of ether oxygens (including phenoxy) is 1. The minimum atomic E-state index is 0.222. The molecule has 1 saturated heterocycles. The lowest BCUT2D eigenvalue weighted by molar-refractivity contribution is 0.0360. The van der Waals surface area contributed by atoms with E-state index in [4.69, 9.17) is 16.3 Å². The van der Waals surface area contributed by atoms with E-state index in [1.54, 1.807) is 18.3 Å². The van der Waals surface area contributed by atoms with Crippen molar-refractivity contribution in [1.29, 1.82) is 10.5 Å². The quantitative estimate of drug-likeness (QED) is 0.349. The van der Waals surface area contributed by atoms with E-state index in [-0.39, 0.29) is 11.6 Å². The molecule has 12 nitrogen and oxygen atoms in total. The second-order valence-electron chi connectivity index (χ2n) is 9.26. The molecule has 4 heterocycles. The van der Waals surface area contributed by atoms with Gasteiger partial charge in [-0.3, -0.25) is 9.58 Å². The van der Waals surface area contributed by atoms with Gasteiger partial charge in [0.1, 0.15) is 6.07 Å². The molecule has 0 unspecified atom stereocenters. The molecule has 0 bridgehead atoms. The van der Waals surface area contributed by atoms with E-state index in [1.807, 2.05) is 10.9 Å². The normalized spacial score (nSPS) is 15.8. The van der Waals surface area contributed by atoms with Gasteiger partial charge in [-0.25, -0.2) is 4.98 Å². The highest BCUT2D eigenvalue weighted by atomic mass is 35.5. The Kier molecular flexibility index (Phi) is 6.52. The van der Waals surface area contributed by atoms with E-state index in [1.165, 1.54) is 10.7 Å². The number of halogens is 1. The summed E-state index contributed by atoms with van der Waals surface area (Å²) in [7, 11) is 0. The molecule has 2 N–H and O–H groups in total. The van der Waals surface area contributed by atoms with Crippen molar-refractivity contribution >= 4 is 34.7 Å². The molecule has 1 aliphatic heterocycles. The highest BCUT2D eigenvalue weighted by Gasteiger charge is 2.24. The van der Waals surface area contributed by atoms with Crippen LogP contribution in [0.3, 0.4) is 0 Å².